The molecule has 7 nitrogen and oxygen atoms in total. The molecule has 1 fully saturated rings. The molecule has 8 heteroatoms. The molecule has 1 aliphatic rings. The zero-order chi connectivity index (χ0) is 21.1. The van der Waals surface area contributed by atoms with Gasteiger partial charge in [-0.25, -0.2) is 9.18 Å². The van der Waals surface area contributed by atoms with Crippen molar-refractivity contribution < 1.29 is 28.2 Å². The minimum absolute atomic E-state index is 0.0175. The van der Waals surface area contributed by atoms with Crippen molar-refractivity contribution in [1.29, 1.82) is 0 Å². The molecule has 0 aromatic heterocycles. The summed E-state index contributed by atoms with van der Waals surface area (Å²) in [5.41, 5.74) is 0.802. The molecule has 1 aromatic rings. The van der Waals surface area contributed by atoms with E-state index in [9.17, 15) is 18.8 Å². The van der Waals surface area contributed by atoms with E-state index in [1.807, 2.05) is 0 Å². The number of ether oxygens (including phenoxy) is 2. The van der Waals surface area contributed by atoms with Crippen LogP contribution in [0.15, 0.2) is 24.3 Å². The van der Waals surface area contributed by atoms with Gasteiger partial charge in [0.2, 0.25) is 11.8 Å². The lowest BCUT2D eigenvalue weighted by Crippen LogP contribution is -2.41. The van der Waals surface area contributed by atoms with E-state index in [0.717, 1.165) is 24.8 Å². The molecule has 0 bridgehead atoms. The Labute approximate surface area is 170 Å². The highest BCUT2D eigenvalue weighted by Gasteiger charge is 2.34. The van der Waals surface area contributed by atoms with E-state index >= 15 is 0 Å². The highest BCUT2D eigenvalue weighted by molar-refractivity contribution is 5.85. The predicted molar refractivity (Wildman–Crippen MR) is 104 cm³/mol. The van der Waals surface area contributed by atoms with Crippen molar-refractivity contribution in [3.63, 3.8) is 0 Å². The molecule has 0 saturated carbocycles. The van der Waals surface area contributed by atoms with Crippen LogP contribution in [0.25, 0.3) is 0 Å². The second kappa shape index (κ2) is 12.2. The molecule has 1 heterocycles. The van der Waals surface area contributed by atoms with Gasteiger partial charge in [0.05, 0.1) is 13.7 Å². The summed E-state index contributed by atoms with van der Waals surface area (Å²) in [5, 5.41) is 2.77. The smallest absolute Gasteiger partial charge is 0.328 e. The standard InChI is InChI=1S/C21H29FN2O5/c1-28-21(27)18-6-5-13-24(18)20(26)7-3-2-4-12-23-19(25)15-29-14-16-8-10-17(22)11-9-16/h8-11,18H,2-7,12-15H2,1H3,(H,23,25)/t18-/m0/s1. The summed E-state index contributed by atoms with van der Waals surface area (Å²) in [6.07, 6.45) is 4.15. The van der Waals surface area contributed by atoms with E-state index in [0.29, 0.717) is 32.4 Å². The number of nitrogens with one attached hydrogen (secondary N) is 1. The molecule has 1 N–H and O–H groups in total. The molecule has 1 saturated heterocycles. The van der Waals surface area contributed by atoms with Crippen LogP contribution in [-0.2, 0) is 30.5 Å². The summed E-state index contributed by atoms with van der Waals surface area (Å²) in [7, 11) is 1.34. The van der Waals surface area contributed by atoms with Crippen molar-refractivity contribution in [3.05, 3.63) is 35.6 Å². The lowest BCUT2D eigenvalue weighted by molar-refractivity contribution is -0.151. The number of halogens is 1. The predicted octanol–water partition coefficient (Wildman–Crippen LogP) is 2.18. The largest absolute Gasteiger partial charge is 0.467 e. The summed E-state index contributed by atoms with van der Waals surface area (Å²) in [6, 6.07) is 5.49. The first-order valence-electron chi connectivity index (χ1n) is 9.97. The first kappa shape index (κ1) is 22.8. The molecule has 2 amide bonds. The van der Waals surface area contributed by atoms with Gasteiger partial charge in [-0.3, -0.25) is 9.59 Å². The molecule has 0 unspecified atom stereocenters. The van der Waals surface area contributed by atoms with Crippen molar-refractivity contribution in [2.75, 3.05) is 26.8 Å². The number of esters is 1. The van der Waals surface area contributed by atoms with Crippen molar-refractivity contribution >= 4 is 17.8 Å². The fraction of sp³-hybridized carbons (Fsp3) is 0.571. The maximum atomic E-state index is 12.8. The summed E-state index contributed by atoms with van der Waals surface area (Å²) in [5.74, 6) is -0.880. The average Bonchev–Trinajstić information content (AvgIpc) is 3.21. The summed E-state index contributed by atoms with van der Waals surface area (Å²) < 4.78 is 22.9. The van der Waals surface area contributed by atoms with Gasteiger partial charge in [-0.1, -0.05) is 18.6 Å². The molecule has 1 aromatic carbocycles. The second-order valence-electron chi connectivity index (χ2n) is 7.05. The number of carbonyl (C=O) groups excluding carboxylic acids is 3. The molecule has 1 atom stereocenters. The van der Waals surface area contributed by atoms with Gasteiger partial charge in [0, 0.05) is 19.5 Å². The Morgan fingerprint density at radius 1 is 1.17 bits per heavy atom. The van der Waals surface area contributed by atoms with Crippen molar-refractivity contribution in [2.45, 2.75) is 51.2 Å². The number of carbonyl (C=O) groups is 3. The molecule has 29 heavy (non-hydrogen) atoms. The van der Waals surface area contributed by atoms with Crippen LogP contribution >= 0.6 is 0 Å². The molecule has 0 aliphatic carbocycles. The van der Waals surface area contributed by atoms with Crippen LogP contribution in [0.4, 0.5) is 4.39 Å². The Kier molecular flexibility index (Phi) is 9.56. The van der Waals surface area contributed by atoms with Crippen LogP contribution < -0.4 is 5.32 Å². The second-order valence-corrected chi connectivity index (χ2v) is 7.05. The zero-order valence-corrected chi connectivity index (χ0v) is 16.8. The van der Waals surface area contributed by atoms with E-state index in [1.54, 1.807) is 17.0 Å². The zero-order valence-electron chi connectivity index (χ0n) is 16.8. The van der Waals surface area contributed by atoms with E-state index in [2.05, 4.69) is 5.32 Å². The fourth-order valence-corrected chi connectivity index (χ4v) is 3.29. The van der Waals surface area contributed by atoms with Crippen molar-refractivity contribution in [1.82, 2.24) is 10.2 Å². The Morgan fingerprint density at radius 3 is 2.66 bits per heavy atom. The lowest BCUT2D eigenvalue weighted by atomic mass is 10.1. The van der Waals surface area contributed by atoms with Crippen molar-refractivity contribution in [3.8, 4) is 0 Å². The van der Waals surface area contributed by atoms with Gasteiger partial charge >= 0.3 is 5.97 Å². The minimum atomic E-state index is -0.443. The minimum Gasteiger partial charge on any atom is -0.467 e. The molecule has 0 spiro atoms. The fourth-order valence-electron chi connectivity index (χ4n) is 3.29. The van der Waals surface area contributed by atoms with Crippen LogP contribution in [0.3, 0.4) is 0 Å². The summed E-state index contributed by atoms with van der Waals surface area (Å²) >= 11 is 0. The van der Waals surface area contributed by atoms with Crippen LogP contribution in [0.1, 0.15) is 44.1 Å². The quantitative estimate of drug-likeness (QED) is 0.448. The normalized spacial score (nSPS) is 15.9. The van der Waals surface area contributed by atoms with E-state index in [-0.39, 0.29) is 36.8 Å². The summed E-state index contributed by atoms with van der Waals surface area (Å²) in [6.45, 7) is 1.31. The van der Waals surface area contributed by atoms with Gasteiger partial charge in [-0.05, 0) is 43.4 Å². The van der Waals surface area contributed by atoms with E-state index in [4.69, 9.17) is 9.47 Å². The van der Waals surface area contributed by atoms with E-state index < -0.39 is 6.04 Å². The van der Waals surface area contributed by atoms with Gasteiger partial charge in [0.1, 0.15) is 18.5 Å². The third-order valence-electron chi connectivity index (χ3n) is 4.85. The number of hydrogen-bond acceptors (Lipinski definition) is 5. The molecular formula is C21H29FN2O5. The van der Waals surface area contributed by atoms with Gasteiger partial charge < -0.3 is 19.7 Å². The first-order chi connectivity index (χ1) is 14.0. The number of likely N-dealkylation sites (tertiary alicyclic amines) is 1. The van der Waals surface area contributed by atoms with E-state index in [1.165, 1.54) is 19.2 Å². The van der Waals surface area contributed by atoms with Crippen LogP contribution in [-0.4, -0.2) is 55.5 Å². The number of hydrogen-bond donors (Lipinski definition) is 1. The Hall–Kier alpha value is -2.48. The number of rotatable bonds is 11. The molecule has 1 aliphatic heterocycles. The SMILES string of the molecule is COC(=O)[C@@H]1CCCN1C(=O)CCCCCNC(=O)COCc1ccc(F)cc1. The average molecular weight is 408 g/mol. The third kappa shape index (κ3) is 7.81. The highest BCUT2D eigenvalue weighted by Crippen LogP contribution is 2.20. The Bertz CT molecular complexity index is 680. The Balaban J connectivity index is 1.51. The number of nitrogens with zero attached hydrogens (tertiary/aromatic N) is 1. The van der Waals surface area contributed by atoms with Gasteiger partial charge in [-0.2, -0.15) is 0 Å². The van der Waals surface area contributed by atoms with Gasteiger partial charge in [-0.15, -0.1) is 0 Å². The molecule has 160 valence electrons. The highest BCUT2D eigenvalue weighted by atomic mass is 19.1. The van der Waals surface area contributed by atoms with Crippen LogP contribution in [0, 0.1) is 5.82 Å². The van der Waals surface area contributed by atoms with Gasteiger partial charge in [0.15, 0.2) is 0 Å². The van der Waals surface area contributed by atoms with Crippen LogP contribution in [0.5, 0.6) is 0 Å². The number of amides is 2. The number of benzene rings is 1. The topological polar surface area (TPSA) is 84.9 Å². The number of unbranched alkanes of at least 4 members (excludes halogenated alkanes) is 2. The molecule has 0 radical (unpaired) electrons. The summed E-state index contributed by atoms with van der Waals surface area (Å²) in [4.78, 5) is 37.3. The monoisotopic (exact) mass is 408 g/mol. The molecule has 2 rings (SSSR count). The number of methoxy groups -OCH3 is 1. The Morgan fingerprint density at radius 2 is 1.93 bits per heavy atom. The first-order valence-corrected chi connectivity index (χ1v) is 9.97. The molecular weight excluding hydrogens is 379 g/mol. The third-order valence-corrected chi connectivity index (χ3v) is 4.85. The maximum Gasteiger partial charge on any atom is 0.328 e. The van der Waals surface area contributed by atoms with Crippen LogP contribution in [0.2, 0.25) is 0 Å². The van der Waals surface area contributed by atoms with Gasteiger partial charge in [0.25, 0.3) is 0 Å². The van der Waals surface area contributed by atoms with Crippen molar-refractivity contribution in [2.24, 2.45) is 0 Å². The maximum absolute atomic E-state index is 12.8. The lowest BCUT2D eigenvalue weighted by Gasteiger charge is -2.22.